The molecule has 0 radical (unpaired) electrons. The molecule has 0 atom stereocenters. The van der Waals surface area contributed by atoms with Crippen LogP contribution in [0, 0.1) is 12.7 Å². The van der Waals surface area contributed by atoms with Gasteiger partial charge in [-0.25, -0.2) is 27.8 Å². The van der Waals surface area contributed by atoms with E-state index in [-0.39, 0.29) is 23.3 Å². The number of halogens is 1. The summed E-state index contributed by atoms with van der Waals surface area (Å²) < 4.78 is 49.4. The van der Waals surface area contributed by atoms with E-state index in [2.05, 4.69) is 19.7 Å². The molecule has 0 unspecified atom stereocenters. The zero-order chi connectivity index (χ0) is 26.0. The van der Waals surface area contributed by atoms with Gasteiger partial charge in [0.1, 0.15) is 11.6 Å². The van der Waals surface area contributed by atoms with Crippen molar-refractivity contribution in [3.05, 3.63) is 102 Å². The van der Waals surface area contributed by atoms with E-state index in [9.17, 15) is 12.8 Å². The van der Waals surface area contributed by atoms with Gasteiger partial charge in [0.05, 0.1) is 22.7 Å². The number of hydrogen-bond acceptors (Lipinski definition) is 7. The van der Waals surface area contributed by atoms with E-state index in [1.165, 1.54) is 12.3 Å². The molecule has 3 N–H and O–H groups in total. The fraction of sp³-hybridized carbons (Fsp3) is 0.0741. The Hall–Kier alpha value is -4.57. The molecule has 0 bridgehead atoms. The standard InChI is InChI=1S/C27H22FN5O3S/c1-17-9-10-19-20(11-12-22(28)24(19)33-37(34,35)16-18-6-3-2-4-7-18)25(17)36-26-21(8-5-14-30-26)23-13-15-31-27(29)32-23/h2-15,33H,16H2,1H3,(H2,29,31,32). The molecule has 2 heterocycles. The molecule has 10 heteroatoms. The first-order chi connectivity index (χ1) is 17.8. The molecule has 0 amide bonds. The van der Waals surface area contributed by atoms with Crippen molar-refractivity contribution in [2.24, 2.45) is 0 Å². The van der Waals surface area contributed by atoms with Crippen molar-refractivity contribution in [3.63, 3.8) is 0 Å². The summed E-state index contributed by atoms with van der Waals surface area (Å²) in [5.74, 6) is -0.224. The van der Waals surface area contributed by atoms with Crippen LogP contribution in [0.5, 0.6) is 11.6 Å². The molecule has 2 aromatic heterocycles. The van der Waals surface area contributed by atoms with Gasteiger partial charge < -0.3 is 10.5 Å². The molecule has 3 aromatic carbocycles. The van der Waals surface area contributed by atoms with Gasteiger partial charge in [-0.1, -0.05) is 42.5 Å². The largest absolute Gasteiger partial charge is 0.437 e. The lowest BCUT2D eigenvalue weighted by molar-refractivity contribution is 0.466. The first-order valence-corrected chi connectivity index (χ1v) is 12.9. The van der Waals surface area contributed by atoms with Gasteiger partial charge in [0.25, 0.3) is 0 Å². The summed E-state index contributed by atoms with van der Waals surface area (Å²) in [4.78, 5) is 12.5. The highest BCUT2D eigenvalue weighted by Crippen LogP contribution is 2.39. The fourth-order valence-electron chi connectivity index (χ4n) is 3.97. The van der Waals surface area contributed by atoms with Gasteiger partial charge in [0, 0.05) is 23.2 Å². The van der Waals surface area contributed by atoms with Gasteiger partial charge in [-0.05, 0) is 48.4 Å². The fourth-order valence-corrected chi connectivity index (χ4v) is 5.19. The molecule has 37 heavy (non-hydrogen) atoms. The maximum atomic E-state index is 15.0. The zero-order valence-corrected chi connectivity index (χ0v) is 20.5. The van der Waals surface area contributed by atoms with Crippen LogP contribution in [0.25, 0.3) is 22.0 Å². The van der Waals surface area contributed by atoms with Crippen molar-refractivity contribution in [1.82, 2.24) is 15.0 Å². The Labute approximate surface area is 213 Å². The van der Waals surface area contributed by atoms with Crippen LogP contribution in [-0.2, 0) is 15.8 Å². The van der Waals surface area contributed by atoms with Crippen molar-refractivity contribution in [2.75, 3.05) is 10.5 Å². The second-order valence-corrected chi connectivity index (χ2v) is 10.1. The van der Waals surface area contributed by atoms with Gasteiger partial charge in [-0.3, -0.25) is 4.72 Å². The Morgan fingerprint density at radius 1 is 0.919 bits per heavy atom. The highest BCUT2D eigenvalue weighted by molar-refractivity contribution is 7.91. The third-order valence-corrected chi connectivity index (χ3v) is 6.90. The molecule has 0 aliphatic heterocycles. The summed E-state index contributed by atoms with van der Waals surface area (Å²) in [5, 5.41) is 0.860. The minimum Gasteiger partial charge on any atom is -0.437 e. The average Bonchev–Trinajstić information content (AvgIpc) is 2.88. The number of rotatable bonds is 7. The van der Waals surface area contributed by atoms with Crippen molar-refractivity contribution >= 4 is 32.4 Å². The predicted molar refractivity (Wildman–Crippen MR) is 141 cm³/mol. The molecule has 5 aromatic rings. The normalized spacial score (nSPS) is 11.4. The van der Waals surface area contributed by atoms with Crippen LogP contribution in [0.3, 0.4) is 0 Å². The molecule has 5 rings (SSSR count). The van der Waals surface area contributed by atoms with Crippen molar-refractivity contribution in [2.45, 2.75) is 12.7 Å². The third kappa shape index (κ3) is 5.19. The van der Waals surface area contributed by atoms with Crippen molar-refractivity contribution < 1.29 is 17.5 Å². The zero-order valence-electron chi connectivity index (χ0n) is 19.7. The van der Waals surface area contributed by atoms with Gasteiger partial charge in [-0.2, -0.15) is 0 Å². The molecule has 0 aliphatic carbocycles. The van der Waals surface area contributed by atoms with E-state index >= 15 is 0 Å². The molecule has 0 saturated carbocycles. The molecule has 0 saturated heterocycles. The lowest BCUT2D eigenvalue weighted by Crippen LogP contribution is -2.16. The number of sulfonamides is 1. The highest BCUT2D eigenvalue weighted by Gasteiger charge is 2.20. The number of ether oxygens (including phenoxy) is 1. The molecule has 186 valence electrons. The first kappa shape index (κ1) is 24.1. The highest BCUT2D eigenvalue weighted by atomic mass is 32.2. The summed E-state index contributed by atoms with van der Waals surface area (Å²) >= 11 is 0. The molecule has 0 spiro atoms. The summed E-state index contributed by atoms with van der Waals surface area (Å²) in [6.07, 6.45) is 3.11. The number of nitrogens with two attached hydrogens (primary N) is 1. The van der Waals surface area contributed by atoms with Crippen LogP contribution in [0.15, 0.2) is 85.2 Å². The van der Waals surface area contributed by atoms with E-state index in [1.807, 2.05) is 6.92 Å². The molecular weight excluding hydrogens is 493 g/mol. The van der Waals surface area contributed by atoms with Crippen LogP contribution in [0.4, 0.5) is 16.0 Å². The lowest BCUT2D eigenvalue weighted by atomic mass is 10.0. The number of nitrogens with zero attached hydrogens (tertiary/aromatic N) is 3. The van der Waals surface area contributed by atoms with Crippen LogP contribution in [0.1, 0.15) is 11.1 Å². The summed E-state index contributed by atoms with van der Waals surface area (Å²) in [6.45, 7) is 1.84. The first-order valence-electron chi connectivity index (χ1n) is 11.3. The number of pyridine rings is 1. The van der Waals surface area contributed by atoms with Crippen molar-refractivity contribution in [3.8, 4) is 22.9 Å². The third-order valence-electron chi connectivity index (χ3n) is 5.67. The number of aromatic nitrogens is 3. The van der Waals surface area contributed by atoms with E-state index in [0.717, 1.165) is 5.56 Å². The Bertz CT molecular complexity index is 1710. The number of nitrogens with one attached hydrogen (secondary N) is 1. The number of hydrogen-bond donors (Lipinski definition) is 2. The van der Waals surface area contributed by atoms with Gasteiger partial charge in [0.2, 0.25) is 21.9 Å². The topological polar surface area (TPSA) is 120 Å². The van der Waals surface area contributed by atoms with Crippen LogP contribution in [-0.4, -0.2) is 23.4 Å². The van der Waals surface area contributed by atoms with E-state index < -0.39 is 15.8 Å². The molecule has 0 aliphatic rings. The lowest BCUT2D eigenvalue weighted by Gasteiger charge is -2.17. The summed E-state index contributed by atoms with van der Waals surface area (Å²) in [7, 11) is -3.90. The van der Waals surface area contributed by atoms with Gasteiger partial charge >= 0.3 is 0 Å². The maximum absolute atomic E-state index is 15.0. The van der Waals surface area contributed by atoms with E-state index in [1.54, 1.807) is 72.9 Å². The second-order valence-electron chi connectivity index (χ2n) is 8.33. The quantitative estimate of drug-likeness (QED) is 0.295. The number of benzene rings is 3. The minimum atomic E-state index is -3.90. The smallest absolute Gasteiger partial charge is 0.237 e. The van der Waals surface area contributed by atoms with E-state index in [4.69, 9.17) is 10.5 Å². The van der Waals surface area contributed by atoms with Crippen LogP contribution >= 0.6 is 0 Å². The van der Waals surface area contributed by atoms with Crippen LogP contribution in [0.2, 0.25) is 0 Å². The Balaban J connectivity index is 1.56. The minimum absolute atomic E-state index is 0.108. The van der Waals surface area contributed by atoms with Gasteiger partial charge in [-0.15, -0.1) is 0 Å². The second kappa shape index (κ2) is 9.82. The predicted octanol–water partition coefficient (Wildman–Crippen LogP) is 5.46. The molecule has 8 nitrogen and oxygen atoms in total. The number of anilines is 2. The summed E-state index contributed by atoms with van der Waals surface area (Å²) in [6, 6.07) is 20.0. The summed E-state index contributed by atoms with van der Waals surface area (Å²) in [5.41, 5.74) is 8.04. The Morgan fingerprint density at radius 3 is 2.49 bits per heavy atom. The number of aryl methyl sites for hydroxylation is 1. The average molecular weight is 516 g/mol. The Kier molecular flexibility index (Phi) is 6.41. The number of fused-ring (bicyclic) bond motifs is 1. The number of nitrogen functional groups attached to an aromatic ring is 1. The van der Waals surface area contributed by atoms with Gasteiger partial charge in [0.15, 0.2) is 0 Å². The SMILES string of the molecule is Cc1ccc2c(NS(=O)(=O)Cc3ccccc3)c(F)ccc2c1Oc1ncccc1-c1ccnc(N)n1. The van der Waals surface area contributed by atoms with Crippen molar-refractivity contribution in [1.29, 1.82) is 0 Å². The maximum Gasteiger partial charge on any atom is 0.237 e. The Morgan fingerprint density at radius 2 is 1.70 bits per heavy atom. The van der Waals surface area contributed by atoms with Crippen LogP contribution < -0.4 is 15.2 Å². The molecule has 0 fully saturated rings. The molecular formula is C27H22FN5O3S. The van der Waals surface area contributed by atoms with E-state index in [0.29, 0.717) is 33.3 Å². The monoisotopic (exact) mass is 515 g/mol.